The standard InChI is InChI=1S/C17H14F3N3O/c1-11-6-16(24)23(10-15(11)12-8-21-22(2)9-12)14-5-3-4-13(7-14)17(18,19)20/h3-10H,1-2H3. The number of alkyl halides is 3. The van der Waals surface area contributed by atoms with E-state index in [1.807, 2.05) is 0 Å². The van der Waals surface area contributed by atoms with Crippen molar-refractivity contribution in [1.29, 1.82) is 0 Å². The van der Waals surface area contributed by atoms with Crippen molar-refractivity contribution >= 4 is 0 Å². The first kappa shape index (κ1) is 16.0. The summed E-state index contributed by atoms with van der Waals surface area (Å²) in [4.78, 5) is 12.3. The molecule has 0 saturated carbocycles. The highest BCUT2D eigenvalue weighted by Gasteiger charge is 2.30. The van der Waals surface area contributed by atoms with Crippen molar-refractivity contribution in [2.45, 2.75) is 13.1 Å². The molecule has 2 aromatic heterocycles. The van der Waals surface area contributed by atoms with E-state index >= 15 is 0 Å². The molecular formula is C17H14F3N3O. The third-order valence-electron chi connectivity index (χ3n) is 3.73. The van der Waals surface area contributed by atoms with Crippen molar-refractivity contribution < 1.29 is 13.2 Å². The summed E-state index contributed by atoms with van der Waals surface area (Å²) in [6.45, 7) is 1.78. The average Bonchev–Trinajstić information content (AvgIpc) is 2.93. The zero-order valence-electron chi connectivity index (χ0n) is 13.0. The van der Waals surface area contributed by atoms with Crippen LogP contribution in [0.1, 0.15) is 11.1 Å². The Kier molecular flexibility index (Phi) is 3.79. The number of nitrogens with zero attached hydrogens (tertiary/aromatic N) is 3. The van der Waals surface area contributed by atoms with Crippen LogP contribution in [0.5, 0.6) is 0 Å². The number of rotatable bonds is 2. The second-order valence-electron chi connectivity index (χ2n) is 5.53. The first-order valence-electron chi connectivity index (χ1n) is 7.15. The molecule has 0 atom stereocenters. The molecule has 2 heterocycles. The summed E-state index contributed by atoms with van der Waals surface area (Å²) in [6.07, 6.45) is 0.507. The van der Waals surface area contributed by atoms with Gasteiger partial charge in [-0.05, 0) is 30.7 Å². The lowest BCUT2D eigenvalue weighted by Gasteiger charge is -2.12. The Bertz CT molecular complexity index is 954. The number of hydrogen-bond donors (Lipinski definition) is 0. The summed E-state index contributed by atoms with van der Waals surface area (Å²) in [5.41, 5.74) is 1.24. The van der Waals surface area contributed by atoms with Gasteiger partial charge in [-0.3, -0.25) is 14.0 Å². The van der Waals surface area contributed by atoms with Gasteiger partial charge in [-0.1, -0.05) is 6.07 Å². The Morgan fingerprint density at radius 1 is 1.12 bits per heavy atom. The third-order valence-corrected chi connectivity index (χ3v) is 3.73. The van der Waals surface area contributed by atoms with Crippen LogP contribution in [0.3, 0.4) is 0 Å². The van der Waals surface area contributed by atoms with E-state index in [4.69, 9.17) is 0 Å². The summed E-state index contributed by atoms with van der Waals surface area (Å²) in [6, 6.07) is 6.10. The summed E-state index contributed by atoms with van der Waals surface area (Å²) >= 11 is 0. The number of aromatic nitrogens is 3. The molecule has 3 aromatic rings. The molecule has 0 fully saturated rings. The van der Waals surface area contributed by atoms with Crippen molar-refractivity contribution in [2.24, 2.45) is 7.05 Å². The second-order valence-corrected chi connectivity index (χ2v) is 5.53. The van der Waals surface area contributed by atoms with Crippen LogP contribution in [-0.4, -0.2) is 14.3 Å². The molecule has 0 aliphatic carbocycles. The molecule has 0 aliphatic heterocycles. The fraction of sp³-hybridized carbons (Fsp3) is 0.176. The highest BCUT2D eigenvalue weighted by Crippen LogP contribution is 2.30. The van der Waals surface area contributed by atoms with E-state index in [2.05, 4.69) is 5.10 Å². The maximum Gasteiger partial charge on any atom is 0.416 e. The first-order chi connectivity index (χ1) is 11.3. The summed E-state index contributed by atoms with van der Waals surface area (Å²) in [5.74, 6) is 0. The van der Waals surface area contributed by atoms with Crippen LogP contribution < -0.4 is 5.56 Å². The van der Waals surface area contributed by atoms with Crippen molar-refractivity contribution in [3.63, 3.8) is 0 Å². The van der Waals surface area contributed by atoms with Crippen molar-refractivity contribution in [1.82, 2.24) is 14.3 Å². The molecule has 0 radical (unpaired) electrons. The maximum atomic E-state index is 12.9. The summed E-state index contributed by atoms with van der Waals surface area (Å²) in [5, 5.41) is 4.09. The molecule has 3 rings (SSSR count). The van der Waals surface area contributed by atoms with E-state index in [-0.39, 0.29) is 11.2 Å². The van der Waals surface area contributed by atoms with Crippen LogP contribution in [0.25, 0.3) is 16.8 Å². The zero-order valence-corrected chi connectivity index (χ0v) is 13.0. The topological polar surface area (TPSA) is 39.8 Å². The average molecular weight is 333 g/mol. The van der Waals surface area contributed by atoms with Gasteiger partial charge in [0.25, 0.3) is 5.56 Å². The lowest BCUT2D eigenvalue weighted by atomic mass is 10.1. The van der Waals surface area contributed by atoms with Crippen molar-refractivity contribution in [3.05, 3.63) is 70.4 Å². The number of hydrogen-bond acceptors (Lipinski definition) is 2. The molecule has 0 amide bonds. The highest BCUT2D eigenvalue weighted by molar-refractivity contribution is 5.65. The van der Waals surface area contributed by atoms with Gasteiger partial charge in [0.1, 0.15) is 0 Å². The third kappa shape index (κ3) is 2.97. The van der Waals surface area contributed by atoms with Crippen LogP contribution in [0.15, 0.2) is 53.7 Å². The van der Waals surface area contributed by atoms with Gasteiger partial charge in [0, 0.05) is 42.3 Å². The molecule has 7 heteroatoms. The summed E-state index contributed by atoms with van der Waals surface area (Å²) in [7, 11) is 1.77. The van der Waals surface area contributed by atoms with E-state index in [1.54, 1.807) is 37.2 Å². The van der Waals surface area contributed by atoms with E-state index in [1.165, 1.54) is 22.8 Å². The van der Waals surface area contributed by atoms with Crippen LogP contribution >= 0.6 is 0 Å². The van der Waals surface area contributed by atoms with Gasteiger partial charge in [0.05, 0.1) is 11.8 Å². The lowest BCUT2D eigenvalue weighted by molar-refractivity contribution is -0.137. The van der Waals surface area contributed by atoms with Gasteiger partial charge in [-0.15, -0.1) is 0 Å². The van der Waals surface area contributed by atoms with Gasteiger partial charge in [0.2, 0.25) is 0 Å². The van der Waals surface area contributed by atoms with Crippen LogP contribution in [0.2, 0.25) is 0 Å². The van der Waals surface area contributed by atoms with Gasteiger partial charge in [-0.25, -0.2) is 0 Å². The minimum Gasteiger partial charge on any atom is -0.284 e. The maximum absolute atomic E-state index is 12.9. The van der Waals surface area contributed by atoms with Crippen LogP contribution in [-0.2, 0) is 13.2 Å². The molecule has 4 nitrogen and oxygen atoms in total. The monoisotopic (exact) mass is 333 g/mol. The van der Waals surface area contributed by atoms with Crippen molar-refractivity contribution in [2.75, 3.05) is 0 Å². The van der Waals surface area contributed by atoms with E-state index in [0.717, 1.165) is 28.8 Å². The predicted octanol–water partition coefficient (Wildman–Crippen LogP) is 3.57. The van der Waals surface area contributed by atoms with E-state index in [9.17, 15) is 18.0 Å². The Morgan fingerprint density at radius 3 is 2.50 bits per heavy atom. The Balaban J connectivity index is 2.17. The fourth-order valence-corrected chi connectivity index (χ4v) is 2.52. The Hall–Kier alpha value is -2.83. The number of benzene rings is 1. The Labute approximate surface area is 135 Å². The quantitative estimate of drug-likeness (QED) is 0.719. The SMILES string of the molecule is Cc1cc(=O)n(-c2cccc(C(F)(F)F)c2)cc1-c1cnn(C)c1. The van der Waals surface area contributed by atoms with E-state index < -0.39 is 11.7 Å². The second kappa shape index (κ2) is 5.67. The minimum absolute atomic E-state index is 0.167. The number of halogens is 3. The molecule has 0 spiro atoms. The number of aryl methyl sites for hydroxylation is 2. The largest absolute Gasteiger partial charge is 0.416 e. The normalized spacial score (nSPS) is 11.7. The molecule has 0 unspecified atom stereocenters. The molecule has 1 aromatic carbocycles. The lowest BCUT2D eigenvalue weighted by Crippen LogP contribution is -2.18. The van der Waals surface area contributed by atoms with E-state index in [0.29, 0.717) is 0 Å². The van der Waals surface area contributed by atoms with Crippen molar-refractivity contribution in [3.8, 4) is 16.8 Å². The fourth-order valence-electron chi connectivity index (χ4n) is 2.52. The highest BCUT2D eigenvalue weighted by atomic mass is 19.4. The Morgan fingerprint density at radius 2 is 1.88 bits per heavy atom. The predicted molar refractivity (Wildman–Crippen MR) is 84.0 cm³/mol. The smallest absolute Gasteiger partial charge is 0.284 e. The van der Waals surface area contributed by atoms with Gasteiger partial charge in [-0.2, -0.15) is 18.3 Å². The van der Waals surface area contributed by atoms with Gasteiger partial charge in [0.15, 0.2) is 0 Å². The molecule has 0 aliphatic rings. The molecule has 0 N–H and O–H groups in total. The number of pyridine rings is 1. The molecule has 24 heavy (non-hydrogen) atoms. The minimum atomic E-state index is -4.46. The summed E-state index contributed by atoms with van der Waals surface area (Å²) < 4.78 is 41.5. The molecule has 124 valence electrons. The first-order valence-corrected chi connectivity index (χ1v) is 7.15. The van der Waals surface area contributed by atoms with Gasteiger partial charge >= 0.3 is 6.18 Å². The molecular weight excluding hydrogens is 319 g/mol. The van der Waals surface area contributed by atoms with Crippen LogP contribution in [0, 0.1) is 6.92 Å². The molecule has 0 saturated heterocycles. The molecule has 0 bridgehead atoms. The zero-order chi connectivity index (χ0) is 17.5. The van der Waals surface area contributed by atoms with Crippen LogP contribution in [0.4, 0.5) is 13.2 Å². The van der Waals surface area contributed by atoms with Gasteiger partial charge < -0.3 is 0 Å².